The van der Waals surface area contributed by atoms with Crippen LogP contribution in [0.15, 0.2) is 52.5 Å². The number of furan rings is 1. The van der Waals surface area contributed by atoms with E-state index >= 15 is 0 Å². The summed E-state index contributed by atoms with van der Waals surface area (Å²) in [6, 6.07) is 15.3. The third kappa shape index (κ3) is 3.70. The minimum atomic E-state index is -0.394. The van der Waals surface area contributed by atoms with Gasteiger partial charge in [-0.3, -0.25) is 4.79 Å². The Bertz CT molecular complexity index is 768. The molecule has 116 valence electrons. The first-order chi connectivity index (χ1) is 11.2. The van der Waals surface area contributed by atoms with Crippen molar-refractivity contribution in [3.05, 3.63) is 65.1 Å². The third-order valence-corrected chi connectivity index (χ3v) is 4.07. The highest BCUT2D eigenvalue weighted by Gasteiger charge is 2.36. The molecule has 23 heavy (non-hydrogen) atoms. The first-order valence-electron chi connectivity index (χ1n) is 7.71. The summed E-state index contributed by atoms with van der Waals surface area (Å²) in [6.45, 7) is 2.57. The molecular weight excluding hydrogens is 288 g/mol. The topological polar surface area (TPSA) is 66.0 Å². The molecule has 4 heteroatoms. The van der Waals surface area contributed by atoms with Gasteiger partial charge >= 0.3 is 0 Å². The van der Waals surface area contributed by atoms with Crippen molar-refractivity contribution in [1.29, 1.82) is 5.26 Å². The van der Waals surface area contributed by atoms with Gasteiger partial charge < -0.3 is 9.73 Å². The van der Waals surface area contributed by atoms with Gasteiger partial charge in [-0.15, -0.1) is 0 Å². The Hall–Kier alpha value is -2.80. The average Bonchev–Trinajstić information content (AvgIpc) is 3.12. The van der Waals surface area contributed by atoms with E-state index in [2.05, 4.69) is 12.2 Å². The monoisotopic (exact) mass is 306 g/mol. The zero-order valence-electron chi connectivity index (χ0n) is 13.0. The van der Waals surface area contributed by atoms with Crippen LogP contribution in [0.1, 0.15) is 36.3 Å². The van der Waals surface area contributed by atoms with Crippen molar-refractivity contribution >= 4 is 12.0 Å². The molecule has 0 unspecified atom stereocenters. The van der Waals surface area contributed by atoms with Gasteiger partial charge in [-0.2, -0.15) is 5.26 Å². The molecule has 4 nitrogen and oxygen atoms in total. The van der Waals surface area contributed by atoms with E-state index in [0.717, 1.165) is 17.7 Å². The number of benzene rings is 1. The highest BCUT2D eigenvalue weighted by Crippen LogP contribution is 2.47. The third-order valence-electron chi connectivity index (χ3n) is 4.07. The first-order valence-corrected chi connectivity index (χ1v) is 7.71. The number of carbonyl (C=O) groups excluding carboxylic acids is 1. The minimum Gasteiger partial charge on any atom is -0.461 e. The molecule has 1 aliphatic carbocycles. The van der Waals surface area contributed by atoms with Crippen LogP contribution >= 0.6 is 0 Å². The first kappa shape index (κ1) is 15.1. The summed E-state index contributed by atoms with van der Waals surface area (Å²) in [5, 5.41) is 12.0. The summed E-state index contributed by atoms with van der Waals surface area (Å²) in [7, 11) is 0. The maximum Gasteiger partial charge on any atom is 0.262 e. The Kier molecular flexibility index (Phi) is 4.29. The van der Waals surface area contributed by atoms with Crippen molar-refractivity contribution in [3.63, 3.8) is 0 Å². The largest absolute Gasteiger partial charge is 0.461 e. The van der Waals surface area contributed by atoms with E-state index in [-0.39, 0.29) is 5.57 Å². The highest BCUT2D eigenvalue weighted by molar-refractivity contribution is 6.01. The summed E-state index contributed by atoms with van der Waals surface area (Å²) in [5.41, 5.74) is 1.03. The van der Waals surface area contributed by atoms with E-state index in [1.807, 2.05) is 48.5 Å². The van der Waals surface area contributed by atoms with Gasteiger partial charge in [0.15, 0.2) is 0 Å². The van der Waals surface area contributed by atoms with Crippen molar-refractivity contribution in [2.24, 2.45) is 5.92 Å². The van der Waals surface area contributed by atoms with Crippen LogP contribution in [0.4, 0.5) is 0 Å². The second-order valence-electron chi connectivity index (χ2n) is 5.90. The molecule has 1 heterocycles. The minimum absolute atomic E-state index is 0.0469. The fourth-order valence-corrected chi connectivity index (χ4v) is 2.53. The van der Waals surface area contributed by atoms with Gasteiger partial charge in [0, 0.05) is 18.5 Å². The Morgan fingerprint density at radius 3 is 2.74 bits per heavy atom. The average molecular weight is 306 g/mol. The number of amides is 1. The molecule has 1 aromatic heterocycles. The fraction of sp³-hybridized carbons (Fsp3) is 0.263. The SMILES string of the molecule is C[C@H]1C[C@H]1c1ccc(/C=C(\C#N)C(=O)NCc2ccccc2)o1. The van der Waals surface area contributed by atoms with E-state index in [9.17, 15) is 10.1 Å². The number of rotatable bonds is 5. The van der Waals surface area contributed by atoms with Crippen LogP contribution in [0.2, 0.25) is 0 Å². The molecule has 0 saturated heterocycles. The molecule has 0 bridgehead atoms. The number of carbonyl (C=O) groups is 1. The Balaban J connectivity index is 1.65. The van der Waals surface area contributed by atoms with Gasteiger partial charge in [-0.05, 0) is 30.0 Å². The molecule has 1 aliphatic rings. The number of hydrogen-bond donors (Lipinski definition) is 1. The van der Waals surface area contributed by atoms with Crippen molar-refractivity contribution in [2.75, 3.05) is 0 Å². The van der Waals surface area contributed by atoms with E-state index in [1.54, 1.807) is 0 Å². The molecule has 0 aliphatic heterocycles. The van der Waals surface area contributed by atoms with Crippen LogP contribution in [-0.4, -0.2) is 5.91 Å². The Labute approximate surface area is 135 Å². The van der Waals surface area contributed by atoms with Crippen molar-refractivity contribution in [1.82, 2.24) is 5.32 Å². The number of nitrogens with one attached hydrogen (secondary N) is 1. The van der Waals surface area contributed by atoms with Crippen LogP contribution in [0, 0.1) is 17.2 Å². The predicted molar refractivity (Wildman–Crippen MR) is 87.1 cm³/mol. The van der Waals surface area contributed by atoms with Crippen molar-refractivity contribution in [2.45, 2.75) is 25.8 Å². The van der Waals surface area contributed by atoms with E-state index in [0.29, 0.717) is 24.1 Å². The highest BCUT2D eigenvalue weighted by atomic mass is 16.3. The molecule has 1 aromatic carbocycles. The summed E-state index contributed by atoms with van der Waals surface area (Å²) >= 11 is 0. The lowest BCUT2D eigenvalue weighted by molar-refractivity contribution is -0.117. The van der Waals surface area contributed by atoms with Gasteiger partial charge in [-0.25, -0.2) is 0 Å². The van der Waals surface area contributed by atoms with Crippen molar-refractivity contribution in [3.8, 4) is 6.07 Å². The maximum atomic E-state index is 12.1. The van der Waals surface area contributed by atoms with E-state index in [4.69, 9.17) is 4.42 Å². The zero-order chi connectivity index (χ0) is 16.2. The second-order valence-corrected chi connectivity index (χ2v) is 5.90. The normalized spacial score (nSPS) is 19.9. The number of nitrogens with zero attached hydrogens (tertiary/aromatic N) is 1. The second kappa shape index (κ2) is 6.53. The molecule has 1 N–H and O–H groups in total. The van der Waals surface area contributed by atoms with Gasteiger partial charge in [-0.1, -0.05) is 37.3 Å². The van der Waals surface area contributed by atoms with Crippen LogP contribution in [0.25, 0.3) is 6.08 Å². The van der Waals surface area contributed by atoms with Gasteiger partial charge in [0.05, 0.1) is 0 Å². The fourth-order valence-electron chi connectivity index (χ4n) is 2.53. The molecule has 3 rings (SSSR count). The molecule has 1 saturated carbocycles. The van der Waals surface area contributed by atoms with Gasteiger partial charge in [0.25, 0.3) is 5.91 Å². The van der Waals surface area contributed by atoms with Gasteiger partial charge in [0.2, 0.25) is 0 Å². The molecule has 2 atom stereocenters. The smallest absolute Gasteiger partial charge is 0.262 e. The summed E-state index contributed by atoms with van der Waals surface area (Å²) < 4.78 is 5.72. The standard InChI is InChI=1S/C19H18N2O2/c1-13-9-17(13)18-8-7-16(23-18)10-15(11-20)19(22)21-12-14-5-3-2-4-6-14/h2-8,10,13,17H,9,12H2,1H3,(H,21,22)/b15-10+/t13-,17+/m0/s1. The van der Waals surface area contributed by atoms with E-state index in [1.165, 1.54) is 6.08 Å². The summed E-state index contributed by atoms with van der Waals surface area (Å²) in [6.07, 6.45) is 2.64. The molecule has 2 aromatic rings. The molecule has 1 amide bonds. The predicted octanol–water partition coefficient (Wildman–Crippen LogP) is 3.63. The number of hydrogen-bond acceptors (Lipinski definition) is 3. The summed E-state index contributed by atoms with van der Waals surface area (Å²) in [4.78, 5) is 12.1. The molecule has 1 fully saturated rings. The van der Waals surface area contributed by atoms with Crippen LogP contribution in [0.5, 0.6) is 0 Å². The van der Waals surface area contributed by atoms with Crippen LogP contribution in [-0.2, 0) is 11.3 Å². The Morgan fingerprint density at radius 1 is 1.35 bits per heavy atom. The lowest BCUT2D eigenvalue weighted by Crippen LogP contribution is -2.23. The lowest BCUT2D eigenvalue weighted by atomic mass is 10.2. The zero-order valence-corrected chi connectivity index (χ0v) is 13.0. The quantitative estimate of drug-likeness (QED) is 0.677. The molecular formula is C19H18N2O2. The molecule has 0 spiro atoms. The van der Waals surface area contributed by atoms with Gasteiger partial charge in [0.1, 0.15) is 23.2 Å². The van der Waals surface area contributed by atoms with Crippen LogP contribution < -0.4 is 5.32 Å². The van der Waals surface area contributed by atoms with Crippen molar-refractivity contribution < 1.29 is 9.21 Å². The van der Waals surface area contributed by atoms with E-state index < -0.39 is 5.91 Å². The lowest BCUT2D eigenvalue weighted by Gasteiger charge is -2.03. The maximum absolute atomic E-state index is 12.1. The molecule has 0 radical (unpaired) electrons. The van der Waals surface area contributed by atoms with Crippen LogP contribution in [0.3, 0.4) is 0 Å². The summed E-state index contributed by atoms with van der Waals surface area (Å²) in [5.74, 6) is 2.22. The number of nitriles is 1. The Morgan fingerprint density at radius 2 is 2.09 bits per heavy atom.